The van der Waals surface area contributed by atoms with Crippen LogP contribution in [0.3, 0.4) is 0 Å². The summed E-state index contributed by atoms with van der Waals surface area (Å²) in [7, 11) is 0. The van der Waals surface area contributed by atoms with Crippen molar-refractivity contribution in [2.75, 3.05) is 0 Å². The zero-order valence-electron chi connectivity index (χ0n) is 17.0. The van der Waals surface area contributed by atoms with Crippen molar-refractivity contribution in [2.24, 2.45) is 5.92 Å². The Morgan fingerprint density at radius 1 is 1.37 bits per heavy atom. The molecule has 1 heterocycles. The van der Waals surface area contributed by atoms with E-state index in [9.17, 15) is 23.9 Å². The molecule has 162 valence electrons. The lowest BCUT2D eigenvalue weighted by atomic mass is 9.80. The molecule has 0 aliphatic heterocycles. The second kappa shape index (κ2) is 7.86. The fourth-order valence-electron chi connectivity index (χ4n) is 3.45. The average molecular weight is 440 g/mol. The van der Waals surface area contributed by atoms with Crippen LogP contribution < -0.4 is 10.9 Å². The zero-order chi connectivity index (χ0) is 22.4. The third-order valence-corrected chi connectivity index (χ3v) is 5.25. The molecule has 1 aliphatic rings. The van der Waals surface area contributed by atoms with E-state index in [1.54, 1.807) is 27.7 Å². The predicted molar refractivity (Wildman–Crippen MR) is 108 cm³/mol. The van der Waals surface area contributed by atoms with E-state index in [1.807, 2.05) is 0 Å². The monoisotopic (exact) mass is 439 g/mol. The summed E-state index contributed by atoms with van der Waals surface area (Å²) in [4.78, 5) is 40.9. The normalized spacial score (nSPS) is 19.8. The Hall–Kier alpha value is -2.68. The third kappa shape index (κ3) is 4.26. The van der Waals surface area contributed by atoms with Gasteiger partial charge in [0.15, 0.2) is 0 Å². The summed E-state index contributed by atoms with van der Waals surface area (Å²) < 4.78 is 21.0. The molecule has 0 unspecified atom stereocenters. The van der Waals surface area contributed by atoms with E-state index in [2.05, 4.69) is 10.3 Å². The maximum atomic E-state index is 14.4. The number of aromatic nitrogens is 2. The van der Waals surface area contributed by atoms with E-state index in [-0.39, 0.29) is 34.6 Å². The van der Waals surface area contributed by atoms with Crippen LogP contribution in [0.25, 0.3) is 10.9 Å². The van der Waals surface area contributed by atoms with Crippen LogP contribution in [0.4, 0.5) is 9.18 Å². The minimum atomic E-state index is -0.946. The number of hydrogen-bond acceptors (Lipinski definition) is 5. The van der Waals surface area contributed by atoms with Crippen LogP contribution in [0.5, 0.6) is 0 Å². The lowest BCUT2D eigenvalue weighted by Gasteiger charge is -2.36. The fraction of sp³-hybridized carbons (Fsp3) is 0.500. The number of alkyl carbamates (subject to hydrolysis) is 1. The first-order chi connectivity index (χ1) is 13.9. The van der Waals surface area contributed by atoms with Gasteiger partial charge in [-0.3, -0.25) is 14.2 Å². The van der Waals surface area contributed by atoms with Crippen LogP contribution in [0.1, 0.15) is 58.4 Å². The second-order valence-electron chi connectivity index (χ2n) is 8.43. The SMILES string of the molecule is C[C@H](NC(=O)OC(C)(C)C)c1nc2c(F)ccc(Cl)c2c(=O)n1C1CC(C(=O)O)C1. The number of amides is 1. The van der Waals surface area contributed by atoms with Crippen molar-refractivity contribution in [2.45, 2.75) is 58.2 Å². The molecule has 1 aliphatic carbocycles. The lowest BCUT2D eigenvalue weighted by Crippen LogP contribution is -2.42. The smallest absolute Gasteiger partial charge is 0.408 e. The van der Waals surface area contributed by atoms with E-state index in [0.717, 1.165) is 6.07 Å². The quantitative estimate of drug-likeness (QED) is 0.749. The average Bonchev–Trinajstić information content (AvgIpc) is 2.55. The molecule has 1 fully saturated rings. The number of carbonyl (C=O) groups excluding carboxylic acids is 1. The second-order valence-corrected chi connectivity index (χ2v) is 8.83. The first-order valence-corrected chi connectivity index (χ1v) is 9.89. The maximum Gasteiger partial charge on any atom is 0.408 e. The number of carbonyl (C=O) groups is 2. The molecule has 1 atom stereocenters. The summed E-state index contributed by atoms with van der Waals surface area (Å²) in [5.74, 6) is -2.14. The van der Waals surface area contributed by atoms with Crippen LogP contribution >= 0.6 is 11.6 Å². The van der Waals surface area contributed by atoms with E-state index in [1.165, 1.54) is 10.6 Å². The summed E-state index contributed by atoms with van der Waals surface area (Å²) in [6.45, 7) is 6.71. The van der Waals surface area contributed by atoms with E-state index >= 15 is 0 Å². The summed E-state index contributed by atoms with van der Waals surface area (Å²) in [6, 6.07) is 1.13. The minimum absolute atomic E-state index is 0.0473. The molecule has 3 rings (SSSR count). The molecule has 8 nitrogen and oxygen atoms in total. The Labute approximate surface area is 177 Å². The number of nitrogens with zero attached hydrogens (tertiary/aromatic N) is 2. The Morgan fingerprint density at radius 2 is 2.00 bits per heavy atom. The first kappa shape index (κ1) is 22.0. The highest BCUT2D eigenvalue weighted by Gasteiger charge is 2.38. The van der Waals surface area contributed by atoms with Crippen molar-refractivity contribution >= 4 is 34.6 Å². The highest BCUT2D eigenvalue weighted by atomic mass is 35.5. The summed E-state index contributed by atoms with van der Waals surface area (Å²) in [5, 5.41) is 11.7. The molecule has 0 radical (unpaired) electrons. The molecule has 0 spiro atoms. The standard InChI is InChI=1S/C20H23ClFN3O5/c1-9(23-19(29)30-20(2,3)4)16-24-15-13(22)6-5-12(21)14(15)17(26)25(16)11-7-10(8-11)18(27)28/h5-6,9-11H,7-8H2,1-4H3,(H,23,29)(H,27,28)/t9-,10?,11?/m0/s1. The number of ether oxygens (including phenoxy) is 1. The van der Waals surface area contributed by atoms with E-state index < -0.39 is 47.0 Å². The van der Waals surface area contributed by atoms with Crippen molar-refractivity contribution in [3.8, 4) is 0 Å². The van der Waals surface area contributed by atoms with Crippen LogP contribution in [-0.2, 0) is 9.53 Å². The van der Waals surface area contributed by atoms with Gasteiger partial charge < -0.3 is 15.2 Å². The molecule has 1 aromatic heterocycles. The molecule has 30 heavy (non-hydrogen) atoms. The number of benzene rings is 1. The highest BCUT2D eigenvalue weighted by Crippen LogP contribution is 2.39. The topological polar surface area (TPSA) is 111 Å². The number of carboxylic acid groups (broad SMARTS) is 1. The number of aliphatic carboxylic acids is 1. The van der Waals surface area contributed by atoms with Crippen LogP contribution in [0.15, 0.2) is 16.9 Å². The molecule has 0 bridgehead atoms. The lowest BCUT2D eigenvalue weighted by molar-refractivity contribution is -0.146. The number of hydrogen-bond donors (Lipinski definition) is 2. The fourth-order valence-corrected chi connectivity index (χ4v) is 3.69. The van der Waals surface area contributed by atoms with E-state index in [0.29, 0.717) is 0 Å². The van der Waals surface area contributed by atoms with Crippen LogP contribution in [-0.4, -0.2) is 32.3 Å². The number of halogens is 2. The maximum absolute atomic E-state index is 14.4. The van der Waals surface area contributed by atoms with Crippen LogP contribution in [0.2, 0.25) is 5.02 Å². The molecular weight excluding hydrogens is 417 g/mol. The molecule has 1 saturated carbocycles. The molecule has 1 aromatic carbocycles. The van der Waals surface area contributed by atoms with E-state index in [4.69, 9.17) is 16.3 Å². The minimum Gasteiger partial charge on any atom is -0.481 e. The van der Waals surface area contributed by atoms with Gasteiger partial charge in [0, 0.05) is 6.04 Å². The van der Waals surface area contributed by atoms with Gasteiger partial charge in [0.05, 0.1) is 22.4 Å². The molecule has 1 amide bonds. The first-order valence-electron chi connectivity index (χ1n) is 9.51. The Kier molecular flexibility index (Phi) is 5.77. The molecule has 2 aromatic rings. The molecule has 2 N–H and O–H groups in total. The molecule has 10 heteroatoms. The number of rotatable bonds is 4. The summed E-state index contributed by atoms with van der Waals surface area (Å²) in [5.41, 5.74) is -1.51. The van der Waals surface area contributed by atoms with Gasteiger partial charge >= 0.3 is 12.1 Å². The highest BCUT2D eigenvalue weighted by molar-refractivity contribution is 6.35. The molecule has 0 saturated heterocycles. The van der Waals surface area contributed by atoms with Crippen molar-refractivity contribution in [3.05, 3.63) is 39.2 Å². The van der Waals surface area contributed by atoms with Gasteiger partial charge in [-0.2, -0.15) is 0 Å². The Morgan fingerprint density at radius 3 is 2.57 bits per heavy atom. The van der Waals surface area contributed by atoms with Gasteiger partial charge in [-0.25, -0.2) is 14.2 Å². The van der Waals surface area contributed by atoms with Gasteiger partial charge in [-0.15, -0.1) is 0 Å². The van der Waals surface area contributed by atoms with Crippen molar-refractivity contribution < 1.29 is 23.8 Å². The number of fused-ring (bicyclic) bond motifs is 1. The van der Waals surface area contributed by atoms with Crippen molar-refractivity contribution in [3.63, 3.8) is 0 Å². The van der Waals surface area contributed by atoms with Gasteiger partial charge in [-0.05, 0) is 52.7 Å². The van der Waals surface area contributed by atoms with Gasteiger partial charge in [-0.1, -0.05) is 11.6 Å². The zero-order valence-corrected chi connectivity index (χ0v) is 17.8. The van der Waals surface area contributed by atoms with Crippen molar-refractivity contribution in [1.82, 2.24) is 14.9 Å². The summed E-state index contributed by atoms with van der Waals surface area (Å²) in [6.07, 6.45) is -0.275. The molecular formula is C20H23ClFN3O5. The Balaban J connectivity index is 2.08. The summed E-state index contributed by atoms with van der Waals surface area (Å²) >= 11 is 6.14. The van der Waals surface area contributed by atoms with Crippen molar-refractivity contribution in [1.29, 1.82) is 0 Å². The van der Waals surface area contributed by atoms with Gasteiger partial charge in [0.25, 0.3) is 5.56 Å². The van der Waals surface area contributed by atoms with Gasteiger partial charge in [0.1, 0.15) is 22.8 Å². The van der Waals surface area contributed by atoms with Gasteiger partial charge in [0.2, 0.25) is 0 Å². The third-order valence-electron chi connectivity index (χ3n) is 4.93. The Bertz CT molecular complexity index is 1070. The predicted octanol–water partition coefficient (Wildman–Crippen LogP) is 3.81. The number of carboxylic acids is 1. The number of nitrogens with one attached hydrogen (secondary N) is 1. The largest absolute Gasteiger partial charge is 0.481 e. The van der Waals surface area contributed by atoms with Crippen LogP contribution in [0, 0.1) is 11.7 Å².